The molecule has 0 spiro atoms. The smallest absolute Gasteiger partial charge is 0.320 e. The number of rotatable bonds is 5. The minimum Gasteiger partial charge on any atom is -0.320 e. The number of nitrogens with one attached hydrogen (secondary N) is 2. The summed E-state index contributed by atoms with van der Waals surface area (Å²) in [5, 5.41) is 4.70. The molecule has 140 valence electrons. The van der Waals surface area contributed by atoms with Crippen molar-refractivity contribution in [1.82, 2.24) is 10.2 Å². The number of urea groups is 1. The third-order valence-corrected chi connectivity index (χ3v) is 4.50. The highest BCUT2D eigenvalue weighted by molar-refractivity contribution is 6.10. The first-order chi connectivity index (χ1) is 12.9. The molecule has 1 aliphatic rings. The molecule has 1 aliphatic heterocycles. The van der Waals surface area contributed by atoms with Crippen molar-refractivity contribution in [2.45, 2.75) is 18.9 Å². The van der Waals surface area contributed by atoms with Crippen LogP contribution in [0.15, 0.2) is 48.5 Å². The molecule has 1 unspecified atom stereocenters. The zero-order valence-electron chi connectivity index (χ0n) is 14.5. The molecule has 0 saturated carbocycles. The van der Waals surface area contributed by atoms with Gasteiger partial charge in [-0.15, -0.1) is 0 Å². The summed E-state index contributed by atoms with van der Waals surface area (Å²) in [7, 11) is 0. The maximum Gasteiger partial charge on any atom is 0.325 e. The molecule has 2 aromatic rings. The van der Waals surface area contributed by atoms with E-state index < -0.39 is 47.3 Å². The average Bonchev–Trinajstić information content (AvgIpc) is 2.90. The van der Waals surface area contributed by atoms with E-state index in [4.69, 9.17) is 0 Å². The van der Waals surface area contributed by atoms with Gasteiger partial charge >= 0.3 is 6.03 Å². The van der Waals surface area contributed by atoms with Gasteiger partial charge in [0.2, 0.25) is 5.91 Å². The first-order valence-corrected chi connectivity index (χ1v) is 8.32. The fourth-order valence-electron chi connectivity index (χ4n) is 3.07. The van der Waals surface area contributed by atoms with Gasteiger partial charge in [0.1, 0.15) is 29.4 Å². The molecule has 0 bridgehead atoms. The number of hydrogen-bond acceptors (Lipinski definition) is 3. The maximum atomic E-state index is 13.7. The standard InChI is InChI=1S/C19H17F2N3O3/c1-2-19(12-7-4-3-5-8-12)17(26)24(18(27)23-19)11-15(25)22-16-13(20)9-6-10-14(16)21/h3-10H,2,11H2,1H3,(H,22,25)(H,23,27). The van der Waals surface area contributed by atoms with Gasteiger partial charge in [0.25, 0.3) is 5.91 Å². The summed E-state index contributed by atoms with van der Waals surface area (Å²) in [4.78, 5) is 38.1. The van der Waals surface area contributed by atoms with Gasteiger partial charge in [0.15, 0.2) is 0 Å². The molecule has 2 aromatic carbocycles. The second-order valence-corrected chi connectivity index (χ2v) is 6.09. The van der Waals surface area contributed by atoms with E-state index in [9.17, 15) is 23.2 Å². The van der Waals surface area contributed by atoms with Crippen LogP contribution in [0.4, 0.5) is 19.3 Å². The Morgan fingerprint density at radius 2 is 1.70 bits per heavy atom. The van der Waals surface area contributed by atoms with E-state index in [1.807, 2.05) is 0 Å². The maximum absolute atomic E-state index is 13.7. The molecule has 27 heavy (non-hydrogen) atoms. The topological polar surface area (TPSA) is 78.5 Å². The van der Waals surface area contributed by atoms with Crippen molar-refractivity contribution in [3.8, 4) is 0 Å². The van der Waals surface area contributed by atoms with Crippen molar-refractivity contribution in [2.24, 2.45) is 0 Å². The Labute approximate surface area is 154 Å². The molecular formula is C19H17F2N3O3. The Morgan fingerprint density at radius 1 is 1.07 bits per heavy atom. The van der Waals surface area contributed by atoms with Crippen LogP contribution >= 0.6 is 0 Å². The van der Waals surface area contributed by atoms with Gasteiger partial charge in [-0.05, 0) is 24.1 Å². The van der Waals surface area contributed by atoms with Gasteiger partial charge in [0, 0.05) is 0 Å². The highest BCUT2D eigenvalue weighted by atomic mass is 19.1. The van der Waals surface area contributed by atoms with Crippen LogP contribution in [0.3, 0.4) is 0 Å². The summed E-state index contributed by atoms with van der Waals surface area (Å²) in [6.07, 6.45) is 0.279. The molecule has 0 aromatic heterocycles. The highest BCUT2D eigenvalue weighted by Gasteiger charge is 2.51. The van der Waals surface area contributed by atoms with Crippen molar-refractivity contribution in [2.75, 3.05) is 11.9 Å². The van der Waals surface area contributed by atoms with Crippen LogP contribution in [0.5, 0.6) is 0 Å². The first kappa shape index (κ1) is 18.5. The predicted octanol–water partition coefficient (Wildman–Crippen LogP) is 2.76. The van der Waals surface area contributed by atoms with E-state index in [2.05, 4.69) is 10.6 Å². The number of para-hydroxylation sites is 1. The van der Waals surface area contributed by atoms with E-state index in [1.54, 1.807) is 37.3 Å². The van der Waals surface area contributed by atoms with Crippen LogP contribution in [0.25, 0.3) is 0 Å². The number of nitrogens with zero attached hydrogens (tertiary/aromatic N) is 1. The summed E-state index contributed by atoms with van der Waals surface area (Å²) >= 11 is 0. The number of imide groups is 1. The zero-order valence-corrected chi connectivity index (χ0v) is 14.5. The molecular weight excluding hydrogens is 356 g/mol. The minimum atomic E-state index is -1.28. The SMILES string of the molecule is CCC1(c2ccccc2)NC(=O)N(CC(=O)Nc2c(F)cccc2F)C1=O. The molecule has 1 saturated heterocycles. The average molecular weight is 373 g/mol. The molecule has 1 atom stereocenters. The normalized spacial score (nSPS) is 19.1. The predicted molar refractivity (Wildman–Crippen MR) is 93.6 cm³/mol. The lowest BCUT2D eigenvalue weighted by Crippen LogP contribution is -2.44. The van der Waals surface area contributed by atoms with Gasteiger partial charge in [-0.25, -0.2) is 13.6 Å². The van der Waals surface area contributed by atoms with Gasteiger partial charge in [-0.1, -0.05) is 43.3 Å². The van der Waals surface area contributed by atoms with Crippen LogP contribution < -0.4 is 10.6 Å². The number of amides is 4. The monoisotopic (exact) mass is 373 g/mol. The second kappa shape index (κ2) is 7.14. The van der Waals surface area contributed by atoms with Crippen LogP contribution in [0, 0.1) is 11.6 Å². The van der Waals surface area contributed by atoms with Gasteiger partial charge in [-0.2, -0.15) is 0 Å². The number of carbonyl (C=O) groups excluding carboxylic acids is 3. The third kappa shape index (κ3) is 3.25. The molecule has 6 nitrogen and oxygen atoms in total. The molecule has 2 N–H and O–H groups in total. The summed E-state index contributed by atoms with van der Waals surface area (Å²) in [6, 6.07) is 11.1. The zero-order chi connectivity index (χ0) is 19.6. The fraction of sp³-hybridized carbons (Fsp3) is 0.211. The molecule has 0 aliphatic carbocycles. The van der Waals surface area contributed by atoms with Crippen molar-refractivity contribution in [3.63, 3.8) is 0 Å². The van der Waals surface area contributed by atoms with Gasteiger partial charge < -0.3 is 10.6 Å². The first-order valence-electron chi connectivity index (χ1n) is 8.32. The highest BCUT2D eigenvalue weighted by Crippen LogP contribution is 2.32. The van der Waals surface area contributed by atoms with E-state index in [0.717, 1.165) is 23.1 Å². The van der Waals surface area contributed by atoms with Crippen molar-refractivity contribution >= 4 is 23.5 Å². The molecule has 8 heteroatoms. The summed E-state index contributed by atoms with van der Waals surface area (Å²) < 4.78 is 27.3. The van der Waals surface area contributed by atoms with Crippen molar-refractivity contribution < 1.29 is 23.2 Å². The quantitative estimate of drug-likeness (QED) is 0.791. The van der Waals surface area contributed by atoms with Gasteiger partial charge in [0.05, 0.1) is 0 Å². The Hall–Kier alpha value is -3.29. The lowest BCUT2D eigenvalue weighted by molar-refractivity contribution is -0.134. The van der Waals surface area contributed by atoms with Crippen LogP contribution in [-0.4, -0.2) is 29.3 Å². The molecule has 0 radical (unpaired) electrons. The molecule has 4 amide bonds. The number of benzene rings is 2. The fourth-order valence-corrected chi connectivity index (χ4v) is 3.07. The Bertz CT molecular complexity index is 884. The Morgan fingerprint density at radius 3 is 2.30 bits per heavy atom. The van der Waals surface area contributed by atoms with Gasteiger partial charge in [-0.3, -0.25) is 14.5 Å². The summed E-state index contributed by atoms with van der Waals surface area (Å²) in [6.45, 7) is 1.08. The van der Waals surface area contributed by atoms with E-state index >= 15 is 0 Å². The molecule has 1 heterocycles. The van der Waals surface area contributed by atoms with E-state index in [-0.39, 0.29) is 6.42 Å². The number of hydrogen-bond donors (Lipinski definition) is 2. The van der Waals surface area contributed by atoms with Crippen molar-refractivity contribution in [3.05, 3.63) is 65.7 Å². The molecule has 3 rings (SSSR count). The second-order valence-electron chi connectivity index (χ2n) is 6.09. The Balaban J connectivity index is 1.81. The van der Waals surface area contributed by atoms with E-state index in [1.165, 1.54) is 0 Å². The van der Waals surface area contributed by atoms with Crippen LogP contribution in [-0.2, 0) is 15.1 Å². The van der Waals surface area contributed by atoms with Crippen molar-refractivity contribution in [1.29, 1.82) is 0 Å². The largest absolute Gasteiger partial charge is 0.325 e. The number of halogens is 2. The summed E-state index contributed by atoms with van der Waals surface area (Å²) in [5.74, 6) is -3.38. The van der Waals surface area contributed by atoms with E-state index in [0.29, 0.717) is 5.56 Å². The lowest BCUT2D eigenvalue weighted by atomic mass is 9.87. The lowest BCUT2D eigenvalue weighted by Gasteiger charge is -2.25. The molecule has 1 fully saturated rings. The number of carbonyl (C=O) groups is 3. The number of anilines is 1. The summed E-state index contributed by atoms with van der Waals surface area (Å²) in [5.41, 5.74) is -1.31. The van der Waals surface area contributed by atoms with Crippen LogP contribution in [0.1, 0.15) is 18.9 Å². The third-order valence-electron chi connectivity index (χ3n) is 4.50. The minimum absolute atomic E-state index is 0.279. The van der Waals surface area contributed by atoms with Crippen LogP contribution in [0.2, 0.25) is 0 Å². The Kier molecular flexibility index (Phi) is 4.89.